The van der Waals surface area contributed by atoms with Crippen LogP contribution in [0.25, 0.3) is 0 Å². The Kier molecular flexibility index (Phi) is 17.3. The maximum Gasteiger partial charge on any atom is 0.0506 e. The summed E-state index contributed by atoms with van der Waals surface area (Å²) in [5.41, 5.74) is 1.35. The van der Waals surface area contributed by atoms with Gasteiger partial charge in [-0.3, -0.25) is 0 Å². The van der Waals surface area contributed by atoms with E-state index in [1.807, 2.05) is 40.7 Å². The summed E-state index contributed by atoms with van der Waals surface area (Å²) in [5.74, 6) is 0. The highest BCUT2D eigenvalue weighted by Crippen LogP contribution is 1.98. The summed E-state index contributed by atoms with van der Waals surface area (Å²) in [7, 11) is 0. The highest BCUT2D eigenvalue weighted by atomic mass is 16.5. The fourth-order valence-corrected chi connectivity index (χ4v) is 0.979. The van der Waals surface area contributed by atoms with E-state index in [9.17, 15) is 0 Å². The second kappa shape index (κ2) is 15.6. The second-order valence-corrected chi connectivity index (χ2v) is 2.43. The first-order valence-corrected chi connectivity index (χ1v) is 6.05. The van der Waals surface area contributed by atoms with Gasteiger partial charge in [0.1, 0.15) is 0 Å². The Morgan fingerprint density at radius 3 is 1.93 bits per heavy atom. The molecule has 0 saturated heterocycles. The number of ether oxygens (including phenoxy) is 1. The average Bonchev–Trinajstić information content (AvgIpc) is 2.36. The SMILES string of the molecule is CC.CC.CCOCCc1ccccc1. The molecule has 1 heteroatoms. The van der Waals surface area contributed by atoms with Gasteiger partial charge in [-0.05, 0) is 18.9 Å². The lowest BCUT2D eigenvalue weighted by molar-refractivity contribution is 0.151. The highest BCUT2D eigenvalue weighted by Gasteiger charge is 1.89. The molecule has 1 rings (SSSR count). The molecular weight excluding hydrogens is 184 g/mol. The van der Waals surface area contributed by atoms with E-state index < -0.39 is 0 Å². The molecule has 88 valence electrons. The maximum atomic E-state index is 5.24. The van der Waals surface area contributed by atoms with Crippen molar-refractivity contribution in [3.63, 3.8) is 0 Å². The van der Waals surface area contributed by atoms with E-state index in [0.29, 0.717) is 0 Å². The van der Waals surface area contributed by atoms with Gasteiger partial charge in [-0.1, -0.05) is 58.0 Å². The summed E-state index contributed by atoms with van der Waals surface area (Å²) in [6.45, 7) is 11.7. The fraction of sp³-hybridized carbons (Fsp3) is 0.571. The molecule has 0 radical (unpaired) electrons. The van der Waals surface area contributed by atoms with E-state index in [4.69, 9.17) is 4.74 Å². The summed E-state index contributed by atoms with van der Waals surface area (Å²) in [6.07, 6.45) is 1.02. The molecule has 0 fully saturated rings. The molecule has 0 unspecified atom stereocenters. The van der Waals surface area contributed by atoms with Crippen molar-refractivity contribution in [3.8, 4) is 0 Å². The van der Waals surface area contributed by atoms with Gasteiger partial charge in [-0.25, -0.2) is 0 Å². The van der Waals surface area contributed by atoms with Crippen molar-refractivity contribution in [2.24, 2.45) is 0 Å². The van der Waals surface area contributed by atoms with E-state index >= 15 is 0 Å². The topological polar surface area (TPSA) is 9.23 Å². The molecule has 1 aromatic carbocycles. The van der Waals surface area contributed by atoms with E-state index in [1.54, 1.807) is 0 Å². The van der Waals surface area contributed by atoms with Crippen LogP contribution < -0.4 is 0 Å². The van der Waals surface area contributed by atoms with Crippen LogP contribution in [0, 0.1) is 0 Å². The lowest BCUT2D eigenvalue weighted by atomic mass is 10.2. The quantitative estimate of drug-likeness (QED) is 0.673. The lowest BCUT2D eigenvalue weighted by Gasteiger charge is -2.00. The van der Waals surface area contributed by atoms with E-state index in [-0.39, 0.29) is 0 Å². The van der Waals surface area contributed by atoms with Crippen LogP contribution in [0.1, 0.15) is 40.2 Å². The molecule has 0 aliphatic carbocycles. The number of benzene rings is 1. The zero-order valence-electron chi connectivity index (χ0n) is 10.9. The standard InChI is InChI=1S/C10H14O.2C2H6/c1-2-11-9-8-10-6-4-3-5-7-10;2*1-2/h3-7H,2,8-9H2,1H3;2*1-2H3. The molecule has 0 atom stereocenters. The Labute approximate surface area is 95.5 Å². The summed E-state index contributed by atoms with van der Waals surface area (Å²) in [4.78, 5) is 0. The minimum absolute atomic E-state index is 0.812. The summed E-state index contributed by atoms with van der Waals surface area (Å²) < 4.78 is 5.24. The van der Waals surface area contributed by atoms with Gasteiger partial charge in [0.05, 0.1) is 6.61 Å². The molecule has 0 saturated carbocycles. The Balaban J connectivity index is 0. The van der Waals surface area contributed by atoms with Crippen molar-refractivity contribution in [1.82, 2.24) is 0 Å². The maximum absolute atomic E-state index is 5.24. The molecule has 0 aromatic heterocycles. The average molecular weight is 210 g/mol. The molecule has 0 bridgehead atoms. The summed E-state index contributed by atoms with van der Waals surface area (Å²) >= 11 is 0. The largest absolute Gasteiger partial charge is 0.381 e. The Morgan fingerprint density at radius 2 is 1.47 bits per heavy atom. The summed E-state index contributed by atoms with van der Waals surface area (Å²) in [5, 5.41) is 0. The lowest BCUT2D eigenvalue weighted by Crippen LogP contribution is -1.96. The monoisotopic (exact) mass is 210 g/mol. The van der Waals surface area contributed by atoms with Gasteiger partial charge in [0.2, 0.25) is 0 Å². The molecule has 0 aliphatic heterocycles. The third-order valence-corrected chi connectivity index (χ3v) is 1.58. The zero-order chi connectivity index (χ0) is 11.9. The van der Waals surface area contributed by atoms with E-state index in [1.165, 1.54) is 5.56 Å². The minimum atomic E-state index is 0.812. The first kappa shape index (κ1) is 16.6. The zero-order valence-corrected chi connectivity index (χ0v) is 10.9. The predicted molar refractivity (Wildman–Crippen MR) is 69.3 cm³/mol. The molecule has 1 aromatic rings. The van der Waals surface area contributed by atoms with Gasteiger partial charge >= 0.3 is 0 Å². The second-order valence-electron chi connectivity index (χ2n) is 2.43. The van der Waals surface area contributed by atoms with Gasteiger partial charge in [0.15, 0.2) is 0 Å². The van der Waals surface area contributed by atoms with Crippen LogP contribution in [0.3, 0.4) is 0 Å². The number of hydrogen-bond acceptors (Lipinski definition) is 1. The van der Waals surface area contributed by atoms with E-state index in [2.05, 4.69) is 24.3 Å². The van der Waals surface area contributed by atoms with E-state index in [0.717, 1.165) is 19.6 Å². The van der Waals surface area contributed by atoms with Gasteiger partial charge in [0, 0.05) is 6.61 Å². The van der Waals surface area contributed by atoms with Crippen molar-refractivity contribution in [2.75, 3.05) is 13.2 Å². The van der Waals surface area contributed by atoms with Crippen molar-refractivity contribution >= 4 is 0 Å². The third kappa shape index (κ3) is 11.1. The minimum Gasteiger partial charge on any atom is -0.381 e. The molecule has 0 heterocycles. The van der Waals surface area contributed by atoms with Crippen LogP contribution in [0.15, 0.2) is 30.3 Å². The third-order valence-electron chi connectivity index (χ3n) is 1.58. The molecule has 1 nitrogen and oxygen atoms in total. The highest BCUT2D eigenvalue weighted by molar-refractivity contribution is 5.14. The van der Waals surface area contributed by atoms with Gasteiger partial charge in [0.25, 0.3) is 0 Å². The van der Waals surface area contributed by atoms with Crippen LogP contribution in [0.2, 0.25) is 0 Å². The Morgan fingerprint density at radius 1 is 0.933 bits per heavy atom. The normalized spacial score (nSPS) is 8.07. The van der Waals surface area contributed by atoms with Crippen molar-refractivity contribution < 1.29 is 4.74 Å². The first-order chi connectivity index (χ1) is 7.43. The van der Waals surface area contributed by atoms with Gasteiger partial charge < -0.3 is 4.74 Å². The van der Waals surface area contributed by atoms with Crippen molar-refractivity contribution in [3.05, 3.63) is 35.9 Å². The van der Waals surface area contributed by atoms with Crippen molar-refractivity contribution in [1.29, 1.82) is 0 Å². The van der Waals surface area contributed by atoms with Gasteiger partial charge in [-0.15, -0.1) is 0 Å². The van der Waals surface area contributed by atoms with Crippen LogP contribution in [0.5, 0.6) is 0 Å². The molecule has 0 N–H and O–H groups in total. The first-order valence-electron chi connectivity index (χ1n) is 6.05. The number of hydrogen-bond donors (Lipinski definition) is 0. The van der Waals surface area contributed by atoms with Crippen molar-refractivity contribution in [2.45, 2.75) is 41.0 Å². The molecule has 15 heavy (non-hydrogen) atoms. The predicted octanol–water partition coefficient (Wildman–Crippen LogP) is 4.32. The molecule has 0 aliphatic rings. The van der Waals surface area contributed by atoms with Crippen LogP contribution in [-0.4, -0.2) is 13.2 Å². The fourth-order valence-electron chi connectivity index (χ4n) is 0.979. The molecular formula is C14H26O. The molecule has 0 spiro atoms. The summed E-state index contributed by atoms with van der Waals surface area (Å²) in [6, 6.07) is 10.4. The Hall–Kier alpha value is -0.820. The van der Waals surface area contributed by atoms with Crippen LogP contribution in [-0.2, 0) is 11.2 Å². The van der Waals surface area contributed by atoms with Crippen LogP contribution >= 0.6 is 0 Å². The Bertz CT molecular complexity index is 182. The smallest absolute Gasteiger partial charge is 0.0506 e. The molecule has 0 amide bonds. The number of rotatable bonds is 4. The van der Waals surface area contributed by atoms with Crippen LogP contribution in [0.4, 0.5) is 0 Å². The van der Waals surface area contributed by atoms with Gasteiger partial charge in [-0.2, -0.15) is 0 Å².